The van der Waals surface area contributed by atoms with Gasteiger partial charge in [0.1, 0.15) is 11.2 Å². The average Bonchev–Trinajstić information content (AvgIpc) is 3.50. The molecule has 0 spiro atoms. The summed E-state index contributed by atoms with van der Waals surface area (Å²) in [7, 11) is 0. The molecule has 0 N–H and O–H groups in total. The second kappa shape index (κ2) is 12.0. The Kier molecular flexibility index (Phi) is 7.34. The summed E-state index contributed by atoms with van der Waals surface area (Å²) in [5.74, 6) is 1.26. The topological polar surface area (TPSA) is 33.5 Å². The summed E-state index contributed by atoms with van der Waals surface area (Å²) in [6.07, 6.45) is 13.1. The van der Waals surface area contributed by atoms with Crippen molar-refractivity contribution in [2.45, 2.75) is 76.0 Å². The van der Waals surface area contributed by atoms with Crippen LogP contribution >= 0.6 is 11.3 Å². The first-order valence-electron chi connectivity index (χ1n) is 17.5. The van der Waals surface area contributed by atoms with Gasteiger partial charge in [0, 0.05) is 26.8 Å². The van der Waals surface area contributed by atoms with Crippen LogP contribution in [0.2, 0.25) is 0 Å². The van der Waals surface area contributed by atoms with Gasteiger partial charge in [0.15, 0.2) is 0 Å². The molecule has 2 aromatic heterocycles. The van der Waals surface area contributed by atoms with E-state index in [9.17, 15) is 4.79 Å². The molecule has 2 saturated carbocycles. The van der Waals surface area contributed by atoms with Gasteiger partial charge in [-0.2, -0.15) is 0 Å². The first-order chi connectivity index (χ1) is 23.2. The van der Waals surface area contributed by atoms with Crippen LogP contribution < -0.4 is 10.3 Å². The maximum atomic E-state index is 13.6. The van der Waals surface area contributed by atoms with Crippen LogP contribution in [0.3, 0.4) is 0 Å². The van der Waals surface area contributed by atoms with Gasteiger partial charge in [0.2, 0.25) is 5.43 Å². The summed E-state index contributed by atoms with van der Waals surface area (Å²) < 4.78 is 8.64. The first-order valence-corrected chi connectivity index (χ1v) is 18.3. The molecule has 47 heavy (non-hydrogen) atoms. The van der Waals surface area contributed by atoms with E-state index in [4.69, 9.17) is 4.42 Å². The molecule has 2 aliphatic rings. The fourth-order valence-corrected chi connectivity index (χ4v) is 9.61. The lowest BCUT2D eigenvalue weighted by atomic mass is 9.83. The van der Waals surface area contributed by atoms with Crippen LogP contribution in [-0.2, 0) is 0 Å². The van der Waals surface area contributed by atoms with Crippen LogP contribution in [0.15, 0.2) is 112 Å². The highest BCUT2D eigenvalue weighted by Crippen LogP contribution is 2.47. The zero-order valence-corrected chi connectivity index (χ0v) is 27.5. The van der Waals surface area contributed by atoms with Gasteiger partial charge in [-0.1, -0.05) is 87.1 Å². The maximum Gasteiger partial charge on any atom is 0.200 e. The lowest BCUT2D eigenvalue weighted by Crippen LogP contribution is -2.12. The van der Waals surface area contributed by atoms with Crippen molar-refractivity contribution < 1.29 is 4.42 Å². The van der Waals surface area contributed by atoms with E-state index in [1.54, 1.807) is 11.3 Å². The third-order valence-electron chi connectivity index (χ3n) is 10.8. The molecule has 0 saturated heterocycles. The quantitative estimate of drug-likeness (QED) is 0.177. The number of anilines is 3. The molecule has 4 heteroatoms. The largest absolute Gasteiger partial charge is 0.456 e. The molecular weight excluding hydrogens is 595 g/mol. The molecule has 7 aromatic rings. The Hall–Kier alpha value is -4.41. The Balaban J connectivity index is 1.25. The Bertz CT molecular complexity index is 2260. The molecule has 3 nitrogen and oxygen atoms in total. The summed E-state index contributed by atoms with van der Waals surface area (Å²) >= 11 is 1.79. The minimum absolute atomic E-state index is 0.0277. The van der Waals surface area contributed by atoms with Crippen molar-refractivity contribution >= 4 is 70.5 Å². The van der Waals surface area contributed by atoms with Crippen LogP contribution in [0.4, 0.5) is 17.1 Å². The van der Waals surface area contributed by atoms with E-state index in [0.717, 1.165) is 10.1 Å². The minimum atomic E-state index is 0.0277. The Morgan fingerprint density at radius 1 is 0.553 bits per heavy atom. The van der Waals surface area contributed by atoms with Gasteiger partial charge in [-0.25, -0.2) is 0 Å². The van der Waals surface area contributed by atoms with Crippen molar-refractivity contribution in [3.05, 3.63) is 124 Å². The molecule has 234 valence electrons. The summed E-state index contributed by atoms with van der Waals surface area (Å²) in [4.78, 5) is 16.1. The summed E-state index contributed by atoms with van der Waals surface area (Å²) in [5, 5.41) is 3.54. The summed E-state index contributed by atoms with van der Waals surface area (Å²) in [6, 6.07) is 37.0. The van der Waals surface area contributed by atoms with Crippen molar-refractivity contribution in [2.75, 3.05) is 4.90 Å². The van der Waals surface area contributed by atoms with E-state index in [1.165, 1.54) is 102 Å². The van der Waals surface area contributed by atoms with E-state index in [1.807, 2.05) is 24.3 Å². The van der Waals surface area contributed by atoms with Crippen LogP contribution in [-0.4, -0.2) is 0 Å². The smallest absolute Gasteiger partial charge is 0.200 e. The average molecular weight is 634 g/mol. The maximum absolute atomic E-state index is 13.6. The van der Waals surface area contributed by atoms with Crippen LogP contribution in [0.5, 0.6) is 0 Å². The summed E-state index contributed by atoms with van der Waals surface area (Å²) in [6.45, 7) is 0. The van der Waals surface area contributed by atoms with E-state index in [-0.39, 0.29) is 5.43 Å². The highest BCUT2D eigenvalue weighted by molar-refractivity contribution is 7.26. The molecule has 2 aliphatic carbocycles. The SMILES string of the molecule is O=c1c2ccccc2oc2cc3sc4c(N(c5cccc(C6CCCCC6)c5)c5cccc(C6CCCCC6)c5)cccc4c3cc12. The summed E-state index contributed by atoms with van der Waals surface area (Å²) in [5.41, 5.74) is 7.83. The molecule has 9 rings (SSSR count). The number of para-hydroxylation sites is 1. The zero-order valence-electron chi connectivity index (χ0n) is 26.7. The number of fused-ring (bicyclic) bond motifs is 5. The van der Waals surface area contributed by atoms with Crippen molar-refractivity contribution in [3.8, 4) is 0 Å². The predicted octanol–water partition coefficient (Wildman–Crippen LogP) is 12.9. The monoisotopic (exact) mass is 633 g/mol. The van der Waals surface area contributed by atoms with Gasteiger partial charge >= 0.3 is 0 Å². The molecule has 0 unspecified atom stereocenters. The van der Waals surface area contributed by atoms with Crippen LogP contribution in [0.25, 0.3) is 42.1 Å². The molecule has 2 fully saturated rings. The Labute approximate surface area is 279 Å². The molecule has 2 heterocycles. The molecular formula is C43H39NO2S. The van der Waals surface area contributed by atoms with Crippen molar-refractivity contribution in [3.63, 3.8) is 0 Å². The lowest BCUT2D eigenvalue weighted by Gasteiger charge is -2.29. The highest BCUT2D eigenvalue weighted by atomic mass is 32.1. The standard InChI is InChI=1S/C43H39NO2S/c45-42-35-20-7-8-23-39(35)46-40-27-41-36(26-37(40)42)34-21-11-22-38(43(34)47-41)44(32-18-9-16-30(24-32)28-12-3-1-4-13-28)33-19-10-17-31(25-33)29-14-5-2-6-15-29/h7-11,16-29H,1-6,12-15H2. The number of rotatable bonds is 5. The minimum Gasteiger partial charge on any atom is -0.456 e. The van der Waals surface area contributed by atoms with Gasteiger partial charge in [-0.15, -0.1) is 11.3 Å². The van der Waals surface area contributed by atoms with Gasteiger partial charge in [0.25, 0.3) is 0 Å². The Morgan fingerprint density at radius 2 is 1.17 bits per heavy atom. The molecule has 0 radical (unpaired) electrons. The first kappa shape index (κ1) is 28.8. The van der Waals surface area contributed by atoms with Gasteiger partial charge < -0.3 is 9.32 Å². The van der Waals surface area contributed by atoms with Crippen molar-refractivity contribution in [2.24, 2.45) is 0 Å². The fourth-order valence-electron chi connectivity index (χ4n) is 8.39. The number of benzene rings is 5. The van der Waals surface area contributed by atoms with Crippen LogP contribution in [0.1, 0.15) is 87.2 Å². The second-order valence-corrected chi connectivity index (χ2v) is 14.8. The van der Waals surface area contributed by atoms with Crippen molar-refractivity contribution in [1.29, 1.82) is 0 Å². The number of hydrogen-bond donors (Lipinski definition) is 0. The van der Waals surface area contributed by atoms with Gasteiger partial charge in [-0.05, 0) is 103 Å². The number of nitrogens with zero attached hydrogens (tertiary/aromatic N) is 1. The fraction of sp³-hybridized carbons (Fsp3) is 0.279. The van der Waals surface area contributed by atoms with Gasteiger partial charge in [0.05, 0.1) is 21.2 Å². The Morgan fingerprint density at radius 3 is 1.85 bits per heavy atom. The predicted molar refractivity (Wildman–Crippen MR) is 199 cm³/mol. The van der Waals surface area contributed by atoms with E-state index in [0.29, 0.717) is 33.8 Å². The molecule has 0 bridgehead atoms. The van der Waals surface area contributed by atoms with E-state index >= 15 is 0 Å². The molecule has 5 aromatic carbocycles. The van der Waals surface area contributed by atoms with E-state index in [2.05, 4.69) is 83.8 Å². The third-order valence-corrected chi connectivity index (χ3v) is 12.0. The lowest BCUT2D eigenvalue weighted by molar-refractivity contribution is 0.443. The van der Waals surface area contributed by atoms with Crippen LogP contribution in [0, 0.1) is 0 Å². The van der Waals surface area contributed by atoms with Crippen molar-refractivity contribution in [1.82, 2.24) is 0 Å². The third kappa shape index (κ3) is 5.14. The number of thiophene rings is 1. The molecule has 0 atom stereocenters. The normalized spacial score (nSPS) is 16.4. The highest BCUT2D eigenvalue weighted by Gasteiger charge is 2.23. The molecule has 0 aliphatic heterocycles. The molecule has 0 amide bonds. The second-order valence-electron chi connectivity index (χ2n) is 13.7. The number of hydrogen-bond acceptors (Lipinski definition) is 4. The van der Waals surface area contributed by atoms with E-state index < -0.39 is 0 Å². The van der Waals surface area contributed by atoms with Gasteiger partial charge in [-0.3, -0.25) is 4.79 Å². The zero-order chi connectivity index (χ0) is 31.3.